The molecule has 1 aliphatic carbocycles. The molecule has 1 saturated carbocycles. The lowest BCUT2D eigenvalue weighted by molar-refractivity contribution is 0.200. The maximum absolute atomic E-state index is 14.1. The molecular formula is C22H32F2O. The van der Waals surface area contributed by atoms with Crippen LogP contribution in [0.15, 0.2) is 24.8 Å². The Hall–Kier alpha value is -1.38. The van der Waals surface area contributed by atoms with Gasteiger partial charge in [-0.1, -0.05) is 31.9 Å². The van der Waals surface area contributed by atoms with Gasteiger partial charge in [-0.05, 0) is 74.3 Å². The molecule has 3 heteroatoms. The smallest absolute Gasteiger partial charge is 0.200 e. The van der Waals surface area contributed by atoms with E-state index in [2.05, 4.69) is 19.6 Å². The second-order valence-corrected chi connectivity index (χ2v) is 7.41. The van der Waals surface area contributed by atoms with Crippen molar-refractivity contribution in [2.24, 2.45) is 17.8 Å². The van der Waals surface area contributed by atoms with Crippen LogP contribution in [0, 0.1) is 29.4 Å². The molecule has 0 aliphatic heterocycles. The van der Waals surface area contributed by atoms with Crippen molar-refractivity contribution in [1.82, 2.24) is 0 Å². The zero-order chi connectivity index (χ0) is 18.2. The fraction of sp³-hybridized carbons (Fsp3) is 0.636. The number of benzene rings is 1. The maximum Gasteiger partial charge on any atom is 0.200 e. The van der Waals surface area contributed by atoms with Crippen molar-refractivity contribution in [3.05, 3.63) is 42.0 Å². The highest BCUT2D eigenvalue weighted by Crippen LogP contribution is 2.38. The molecule has 1 nitrogen and oxygen atoms in total. The van der Waals surface area contributed by atoms with Crippen LogP contribution in [-0.2, 0) is 6.42 Å². The number of allylic oxidation sites excluding steroid dienone is 1. The van der Waals surface area contributed by atoms with Crippen LogP contribution in [0.4, 0.5) is 8.78 Å². The molecule has 140 valence electrons. The first-order valence-corrected chi connectivity index (χ1v) is 9.74. The van der Waals surface area contributed by atoms with Gasteiger partial charge in [-0.25, -0.2) is 4.39 Å². The van der Waals surface area contributed by atoms with Crippen molar-refractivity contribution in [3.63, 3.8) is 0 Å². The molecule has 0 aromatic heterocycles. The van der Waals surface area contributed by atoms with E-state index in [4.69, 9.17) is 4.74 Å². The predicted octanol–water partition coefficient (Wildman–Crippen LogP) is 6.70. The summed E-state index contributed by atoms with van der Waals surface area (Å²) < 4.78 is 32.7. The first-order chi connectivity index (χ1) is 12.1. The minimum absolute atomic E-state index is 0.0240. The molecule has 0 amide bonds. The second-order valence-electron chi connectivity index (χ2n) is 7.41. The third-order valence-corrected chi connectivity index (χ3v) is 5.84. The lowest BCUT2D eigenvalue weighted by Gasteiger charge is -2.33. The Morgan fingerprint density at radius 1 is 1.16 bits per heavy atom. The van der Waals surface area contributed by atoms with Gasteiger partial charge >= 0.3 is 0 Å². The summed E-state index contributed by atoms with van der Waals surface area (Å²) in [5, 5.41) is 0. The maximum atomic E-state index is 14.1. The van der Waals surface area contributed by atoms with Gasteiger partial charge in [-0.2, -0.15) is 4.39 Å². The molecule has 1 fully saturated rings. The molecule has 1 aliphatic rings. The quantitative estimate of drug-likeness (QED) is 0.450. The largest absolute Gasteiger partial charge is 0.494 e. The highest BCUT2D eigenvalue weighted by Gasteiger charge is 2.26. The van der Waals surface area contributed by atoms with Crippen molar-refractivity contribution in [3.8, 4) is 5.75 Å². The second kappa shape index (κ2) is 9.94. The van der Waals surface area contributed by atoms with Crippen LogP contribution in [0.1, 0.15) is 63.9 Å². The van der Waals surface area contributed by atoms with Crippen LogP contribution < -0.4 is 4.74 Å². The summed E-state index contributed by atoms with van der Waals surface area (Å²) in [6.07, 6.45) is 12.2. The molecule has 0 N–H and O–H groups in total. The van der Waals surface area contributed by atoms with Gasteiger partial charge in [0.1, 0.15) is 0 Å². The van der Waals surface area contributed by atoms with Crippen LogP contribution >= 0.6 is 0 Å². The van der Waals surface area contributed by atoms with Crippen molar-refractivity contribution in [2.45, 2.75) is 64.7 Å². The van der Waals surface area contributed by atoms with Gasteiger partial charge in [0, 0.05) is 0 Å². The summed E-state index contributed by atoms with van der Waals surface area (Å²) in [5.41, 5.74) is 0.462. The van der Waals surface area contributed by atoms with Crippen LogP contribution in [0.2, 0.25) is 0 Å². The van der Waals surface area contributed by atoms with E-state index in [9.17, 15) is 8.78 Å². The fourth-order valence-corrected chi connectivity index (χ4v) is 4.32. The monoisotopic (exact) mass is 350 g/mol. The molecule has 25 heavy (non-hydrogen) atoms. The first kappa shape index (κ1) is 19.9. The standard InChI is InChI=1S/C22H32F2O/c1-4-7-17(18-12-10-16(5-2)11-13-18)8-6-9-19-14-15-20(25-3)22(24)21(19)23/h5,14-18H,2,4,6-13H2,1,3H3. The Kier molecular flexibility index (Phi) is 7.92. The van der Waals surface area contributed by atoms with Crippen molar-refractivity contribution in [2.75, 3.05) is 7.11 Å². The van der Waals surface area contributed by atoms with Crippen molar-refractivity contribution < 1.29 is 13.5 Å². The average Bonchev–Trinajstić information content (AvgIpc) is 2.64. The van der Waals surface area contributed by atoms with Crippen molar-refractivity contribution >= 4 is 0 Å². The van der Waals surface area contributed by atoms with Crippen LogP contribution in [0.5, 0.6) is 5.75 Å². The molecule has 1 atom stereocenters. The Morgan fingerprint density at radius 3 is 2.48 bits per heavy atom. The Labute approximate surface area is 151 Å². The molecule has 2 rings (SSSR count). The lowest BCUT2D eigenvalue weighted by Crippen LogP contribution is -2.21. The van der Waals surface area contributed by atoms with Gasteiger partial charge in [0.15, 0.2) is 11.6 Å². The van der Waals surface area contributed by atoms with E-state index in [1.54, 1.807) is 6.07 Å². The number of methoxy groups -OCH3 is 1. The number of aryl methyl sites for hydroxylation is 1. The summed E-state index contributed by atoms with van der Waals surface area (Å²) >= 11 is 0. The summed E-state index contributed by atoms with van der Waals surface area (Å²) in [5.74, 6) is 0.542. The fourth-order valence-electron chi connectivity index (χ4n) is 4.32. The molecule has 1 unspecified atom stereocenters. The van der Waals surface area contributed by atoms with Gasteiger partial charge in [-0.15, -0.1) is 6.58 Å². The number of hydrogen-bond donors (Lipinski definition) is 0. The topological polar surface area (TPSA) is 9.23 Å². The highest BCUT2D eigenvalue weighted by molar-refractivity contribution is 5.31. The molecule has 0 bridgehead atoms. The molecular weight excluding hydrogens is 318 g/mol. The minimum Gasteiger partial charge on any atom is -0.494 e. The van der Waals surface area contributed by atoms with Gasteiger partial charge in [-0.3, -0.25) is 0 Å². The third kappa shape index (κ3) is 5.29. The minimum atomic E-state index is -0.868. The number of hydrogen-bond acceptors (Lipinski definition) is 1. The third-order valence-electron chi connectivity index (χ3n) is 5.84. The van der Waals surface area contributed by atoms with Gasteiger partial charge < -0.3 is 4.74 Å². The normalized spacial score (nSPS) is 21.8. The Bertz CT molecular complexity index is 547. The summed E-state index contributed by atoms with van der Waals surface area (Å²) in [4.78, 5) is 0. The zero-order valence-electron chi connectivity index (χ0n) is 15.7. The van der Waals surface area contributed by atoms with Gasteiger partial charge in [0.05, 0.1) is 7.11 Å². The molecule has 1 aromatic rings. The number of rotatable bonds is 9. The van der Waals surface area contributed by atoms with E-state index in [1.165, 1.54) is 51.7 Å². The van der Waals surface area contributed by atoms with Crippen LogP contribution in [-0.4, -0.2) is 7.11 Å². The average molecular weight is 350 g/mol. The zero-order valence-corrected chi connectivity index (χ0v) is 15.7. The molecule has 0 radical (unpaired) electrons. The highest BCUT2D eigenvalue weighted by atomic mass is 19.2. The van der Waals surface area contributed by atoms with E-state index >= 15 is 0 Å². The lowest BCUT2D eigenvalue weighted by atomic mass is 9.73. The Morgan fingerprint density at radius 2 is 1.88 bits per heavy atom. The van der Waals surface area contributed by atoms with Gasteiger partial charge in [0.2, 0.25) is 5.82 Å². The van der Waals surface area contributed by atoms with Gasteiger partial charge in [0.25, 0.3) is 0 Å². The van der Waals surface area contributed by atoms with E-state index in [0.29, 0.717) is 23.8 Å². The Balaban J connectivity index is 1.89. The van der Waals surface area contributed by atoms with E-state index in [1.807, 2.05) is 0 Å². The van der Waals surface area contributed by atoms with Crippen molar-refractivity contribution in [1.29, 1.82) is 0 Å². The first-order valence-electron chi connectivity index (χ1n) is 9.74. The molecule has 0 heterocycles. The van der Waals surface area contributed by atoms with E-state index in [0.717, 1.165) is 18.8 Å². The van der Waals surface area contributed by atoms with E-state index in [-0.39, 0.29) is 5.75 Å². The number of ether oxygens (including phenoxy) is 1. The summed E-state index contributed by atoms with van der Waals surface area (Å²) in [6.45, 7) is 6.16. The van der Waals surface area contributed by atoms with Crippen LogP contribution in [0.25, 0.3) is 0 Å². The summed E-state index contributed by atoms with van der Waals surface area (Å²) in [6, 6.07) is 3.18. The molecule has 0 spiro atoms. The predicted molar refractivity (Wildman–Crippen MR) is 99.9 cm³/mol. The number of halogens is 2. The molecule has 1 aromatic carbocycles. The SMILES string of the molecule is C=CC1CCC(C(CCC)CCCc2ccc(OC)c(F)c2F)CC1. The van der Waals surface area contributed by atoms with Crippen LogP contribution in [0.3, 0.4) is 0 Å². The molecule has 0 saturated heterocycles. The van der Waals surface area contributed by atoms with E-state index < -0.39 is 11.6 Å². The summed E-state index contributed by atoms with van der Waals surface area (Å²) in [7, 11) is 1.36.